The third kappa shape index (κ3) is 5.15. The van der Waals surface area contributed by atoms with Crippen molar-refractivity contribution in [1.29, 1.82) is 0 Å². The average molecular weight is 491 g/mol. The number of rotatable bonds is 8. The van der Waals surface area contributed by atoms with Gasteiger partial charge in [-0.15, -0.1) is 0 Å². The SMILES string of the molecule is O=C(CCCn1c(=O)n(CC(O)CN2CCc3ccccc3C2)c(=O)c2ccccc21)N1CCCC1. The van der Waals surface area contributed by atoms with Gasteiger partial charge in [0.05, 0.1) is 23.6 Å². The summed E-state index contributed by atoms with van der Waals surface area (Å²) in [7, 11) is 0. The van der Waals surface area contributed by atoms with Crippen LogP contribution >= 0.6 is 0 Å². The Labute approximate surface area is 210 Å². The fourth-order valence-corrected chi connectivity index (χ4v) is 5.54. The number of aliphatic hydroxyl groups is 1. The standard InChI is InChI=1S/C28H34N4O4/c33-23(19-29-17-13-21-8-1-2-9-22(21)18-29)20-32-27(35)24-10-3-4-11-25(24)31(28(32)36)16-7-12-26(34)30-14-5-6-15-30/h1-4,8-11,23,33H,5-7,12-20H2. The lowest BCUT2D eigenvalue weighted by Gasteiger charge is -2.30. The highest BCUT2D eigenvalue weighted by atomic mass is 16.3. The number of para-hydroxylation sites is 1. The van der Waals surface area contributed by atoms with Gasteiger partial charge >= 0.3 is 5.69 Å². The molecule has 8 heteroatoms. The molecule has 0 aliphatic carbocycles. The van der Waals surface area contributed by atoms with E-state index in [4.69, 9.17) is 0 Å². The Balaban J connectivity index is 1.32. The van der Waals surface area contributed by atoms with Crippen LogP contribution in [0, 0.1) is 0 Å². The Kier molecular flexibility index (Phi) is 7.34. The summed E-state index contributed by atoms with van der Waals surface area (Å²) in [6, 6.07) is 15.4. The first-order chi connectivity index (χ1) is 17.5. The lowest BCUT2D eigenvalue weighted by atomic mass is 10.00. The van der Waals surface area contributed by atoms with E-state index in [2.05, 4.69) is 17.0 Å². The van der Waals surface area contributed by atoms with Gasteiger partial charge in [0.15, 0.2) is 0 Å². The average Bonchev–Trinajstić information content (AvgIpc) is 3.44. The first kappa shape index (κ1) is 24.5. The molecule has 1 aromatic heterocycles. The van der Waals surface area contributed by atoms with Crippen molar-refractivity contribution in [3.05, 3.63) is 80.5 Å². The van der Waals surface area contributed by atoms with Gasteiger partial charge in [0.1, 0.15) is 0 Å². The fraction of sp³-hybridized carbons (Fsp3) is 0.464. The van der Waals surface area contributed by atoms with Gasteiger partial charge in [-0.3, -0.25) is 23.6 Å². The van der Waals surface area contributed by atoms with Crippen LogP contribution in [0.15, 0.2) is 58.1 Å². The molecule has 1 fully saturated rings. The van der Waals surface area contributed by atoms with Gasteiger partial charge in [0.2, 0.25) is 5.91 Å². The Morgan fingerprint density at radius 2 is 1.61 bits per heavy atom. The molecule has 2 aliphatic rings. The molecule has 2 aliphatic heterocycles. The molecule has 190 valence electrons. The minimum absolute atomic E-state index is 0.0621. The molecule has 5 rings (SSSR count). The van der Waals surface area contributed by atoms with Crippen molar-refractivity contribution in [3.63, 3.8) is 0 Å². The lowest BCUT2D eigenvalue weighted by Crippen LogP contribution is -2.45. The van der Waals surface area contributed by atoms with Crippen LogP contribution in [0.4, 0.5) is 0 Å². The number of nitrogens with zero attached hydrogens (tertiary/aromatic N) is 4. The zero-order chi connectivity index (χ0) is 25.1. The Morgan fingerprint density at radius 3 is 2.42 bits per heavy atom. The zero-order valence-electron chi connectivity index (χ0n) is 20.6. The van der Waals surface area contributed by atoms with Crippen molar-refractivity contribution in [2.75, 3.05) is 26.2 Å². The van der Waals surface area contributed by atoms with Gasteiger partial charge in [0.25, 0.3) is 5.56 Å². The molecule has 3 aromatic rings. The smallest absolute Gasteiger partial charge is 0.331 e. The second-order valence-corrected chi connectivity index (χ2v) is 9.97. The minimum atomic E-state index is -0.855. The molecule has 1 unspecified atom stereocenters. The summed E-state index contributed by atoms with van der Waals surface area (Å²) in [6.07, 6.45) is 3.06. The topological polar surface area (TPSA) is 87.8 Å². The number of aryl methyl sites for hydroxylation is 1. The summed E-state index contributed by atoms with van der Waals surface area (Å²) in [4.78, 5) is 43.2. The van der Waals surface area contributed by atoms with Crippen molar-refractivity contribution in [2.45, 2.75) is 57.8 Å². The van der Waals surface area contributed by atoms with E-state index in [0.717, 1.165) is 50.0 Å². The Hall–Kier alpha value is -3.23. The summed E-state index contributed by atoms with van der Waals surface area (Å²) in [6.45, 7) is 3.87. The third-order valence-corrected chi connectivity index (χ3v) is 7.44. The molecule has 0 saturated carbocycles. The molecule has 1 saturated heterocycles. The van der Waals surface area contributed by atoms with Gasteiger partial charge in [-0.25, -0.2) is 4.79 Å². The van der Waals surface area contributed by atoms with Crippen LogP contribution in [0.1, 0.15) is 36.8 Å². The number of carbonyl (C=O) groups is 1. The second-order valence-electron chi connectivity index (χ2n) is 9.97. The summed E-state index contributed by atoms with van der Waals surface area (Å²) in [5.74, 6) is 0.122. The van der Waals surface area contributed by atoms with Crippen LogP contribution in [0.2, 0.25) is 0 Å². The maximum Gasteiger partial charge on any atom is 0.331 e. The highest BCUT2D eigenvalue weighted by Gasteiger charge is 2.22. The van der Waals surface area contributed by atoms with E-state index in [-0.39, 0.29) is 18.0 Å². The van der Waals surface area contributed by atoms with Crippen molar-refractivity contribution in [1.82, 2.24) is 18.9 Å². The van der Waals surface area contributed by atoms with Crippen molar-refractivity contribution >= 4 is 16.8 Å². The first-order valence-electron chi connectivity index (χ1n) is 13.0. The number of amides is 1. The predicted molar refractivity (Wildman–Crippen MR) is 139 cm³/mol. The lowest BCUT2D eigenvalue weighted by molar-refractivity contribution is -0.130. The second kappa shape index (κ2) is 10.8. The van der Waals surface area contributed by atoms with E-state index in [1.54, 1.807) is 28.8 Å². The summed E-state index contributed by atoms with van der Waals surface area (Å²) in [5, 5.41) is 11.3. The quantitative estimate of drug-likeness (QED) is 0.522. The summed E-state index contributed by atoms with van der Waals surface area (Å²) in [5.41, 5.74) is 2.34. The molecule has 0 spiro atoms. The van der Waals surface area contributed by atoms with Crippen LogP contribution in [-0.2, 0) is 30.8 Å². The normalized spacial score (nSPS) is 16.9. The molecule has 2 aromatic carbocycles. The maximum atomic E-state index is 13.4. The van der Waals surface area contributed by atoms with Crippen molar-refractivity contribution in [3.8, 4) is 0 Å². The van der Waals surface area contributed by atoms with E-state index < -0.39 is 11.8 Å². The number of carbonyl (C=O) groups excluding carboxylic acids is 1. The fourth-order valence-electron chi connectivity index (χ4n) is 5.54. The minimum Gasteiger partial charge on any atom is -0.390 e. The van der Waals surface area contributed by atoms with E-state index in [1.165, 1.54) is 11.1 Å². The van der Waals surface area contributed by atoms with E-state index in [9.17, 15) is 19.5 Å². The van der Waals surface area contributed by atoms with Crippen LogP contribution < -0.4 is 11.2 Å². The van der Waals surface area contributed by atoms with Gasteiger partial charge in [-0.05, 0) is 48.9 Å². The van der Waals surface area contributed by atoms with Crippen LogP contribution in [0.3, 0.4) is 0 Å². The van der Waals surface area contributed by atoms with Crippen LogP contribution in [-0.4, -0.2) is 62.2 Å². The van der Waals surface area contributed by atoms with Gasteiger partial charge in [0, 0.05) is 45.7 Å². The number of likely N-dealkylation sites (tertiary alicyclic amines) is 1. The number of β-amino-alcohol motifs (C(OH)–C–C–N with tert-alkyl or cyclic N) is 1. The van der Waals surface area contributed by atoms with E-state index in [0.29, 0.717) is 36.8 Å². The number of aliphatic hydroxyl groups excluding tert-OH is 1. The van der Waals surface area contributed by atoms with Gasteiger partial charge in [-0.2, -0.15) is 0 Å². The number of hydrogen-bond donors (Lipinski definition) is 1. The molecule has 1 atom stereocenters. The number of hydrogen-bond acceptors (Lipinski definition) is 5. The molecule has 8 nitrogen and oxygen atoms in total. The number of benzene rings is 2. The Bertz CT molecular complexity index is 1360. The van der Waals surface area contributed by atoms with Gasteiger partial charge in [-0.1, -0.05) is 36.4 Å². The number of aromatic nitrogens is 2. The highest BCUT2D eigenvalue weighted by Crippen LogP contribution is 2.19. The molecule has 3 heterocycles. The third-order valence-electron chi connectivity index (χ3n) is 7.44. The maximum absolute atomic E-state index is 13.4. The molecular formula is C28H34N4O4. The largest absolute Gasteiger partial charge is 0.390 e. The number of fused-ring (bicyclic) bond motifs is 2. The van der Waals surface area contributed by atoms with Crippen LogP contribution in [0.5, 0.6) is 0 Å². The highest BCUT2D eigenvalue weighted by molar-refractivity contribution is 5.78. The molecule has 36 heavy (non-hydrogen) atoms. The van der Waals surface area contributed by atoms with Crippen LogP contribution in [0.25, 0.3) is 10.9 Å². The molecule has 0 radical (unpaired) electrons. The van der Waals surface area contributed by atoms with Crippen molar-refractivity contribution in [2.24, 2.45) is 0 Å². The predicted octanol–water partition coefficient (Wildman–Crippen LogP) is 1.98. The summed E-state index contributed by atoms with van der Waals surface area (Å²) < 4.78 is 2.74. The summed E-state index contributed by atoms with van der Waals surface area (Å²) >= 11 is 0. The molecule has 0 bridgehead atoms. The Morgan fingerprint density at radius 1 is 0.889 bits per heavy atom. The molecular weight excluding hydrogens is 456 g/mol. The van der Waals surface area contributed by atoms with E-state index >= 15 is 0 Å². The first-order valence-corrected chi connectivity index (χ1v) is 13.0. The molecule has 1 amide bonds. The zero-order valence-corrected chi connectivity index (χ0v) is 20.6. The molecule has 1 N–H and O–H groups in total. The van der Waals surface area contributed by atoms with Gasteiger partial charge < -0.3 is 10.0 Å². The monoisotopic (exact) mass is 490 g/mol. The van der Waals surface area contributed by atoms with E-state index in [1.807, 2.05) is 17.0 Å². The van der Waals surface area contributed by atoms with Crippen molar-refractivity contribution < 1.29 is 9.90 Å².